The van der Waals surface area contributed by atoms with E-state index < -0.39 is 0 Å². The summed E-state index contributed by atoms with van der Waals surface area (Å²) in [6, 6.07) is 8.90. The summed E-state index contributed by atoms with van der Waals surface area (Å²) in [6.07, 6.45) is 8.55. The van der Waals surface area contributed by atoms with Gasteiger partial charge in [0, 0.05) is 55.4 Å². The second kappa shape index (κ2) is 8.64. The number of nitrogens with one attached hydrogen (secondary N) is 1. The lowest BCUT2D eigenvalue weighted by Gasteiger charge is -2.43. The van der Waals surface area contributed by atoms with Crippen molar-refractivity contribution in [2.75, 3.05) is 37.7 Å². The molecule has 1 saturated carbocycles. The average Bonchev–Trinajstić information content (AvgIpc) is 3.27. The predicted molar refractivity (Wildman–Crippen MR) is 127 cm³/mol. The van der Waals surface area contributed by atoms with Gasteiger partial charge in [0.15, 0.2) is 0 Å². The first-order chi connectivity index (χ1) is 16.2. The number of piperazine rings is 1. The molecular weight excluding hydrogens is 420 g/mol. The molecule has 0 atom stereocenters. The molecule has 0 radical (unpaired) electrons. The van der Waals surface area contributed by atoms with E-state index in [1.54, 1.807) is 18.2 Å². The molecule has 174 valence electrons. The third kappa shape index (κ3) is 3.99. The van der Waals surface area contributed by atoms with Gasteiger partial charge in [0.2, 0.25) is 0 Å². The number of aryl methyl sites for hydroxylation is 1. The Morgan fingerprint density at radius 2 is 1.73 bits per heavy atom. The van der Waals surface area contributed by atoms with E-state index >= 15 is 0 Å². The highest BCUT2D eigenvalue weighted by Gasteiger charge is 2.31. The van der Waals surface area contributed by atoms with E-state index in [2.05, 4.69) is 21.0 Å². The standard InChI is InChI=1S/C27H31F2N3O/c28-20-5-8-25-23(15-20)24(17-30-25)18-3-6-22(7-4-18)31-9-11-32(12-10-31)26-16-21(29)14-19-2-1-13-33-27(19)26/h5,8,14-18,22,30H,1-4,6-7,9-13H2. The van der Waals surface area contributed by atoms with Crippen molar-refractivity contribution in [3.8, 4) is 5.75 Å². The van der Waals surface area contributed by atoms with Crippen molar-refractivity contribution in [3.05, 3.63) is 59.3 Å². The lowest BCUT2D eigenvalue weighted by molar-refractivity contribution is 0.141. The Hall–Kier alpha value is -2.60. The van der Waals surface area contributed by atoms with Crippen molar-refractivity contribution in [2.24, 2.45) is 0 Å². The van der Waals surface area contributed by atoms with Gasteiger partial charge in [-0.2, -0.15) is 0 Å². The molecule has 4 nitrogen and oxygen atoms in total. The summed E-state index contributed by atoms with van der Waals surface area (Å²) in [5.41, 5.74) is 4.23. The monoisotopic (exact) mass is 451 g/mol. The molecule has 2 aromatic carbocycles. The number of aromatic nitrogens is 1. The van der Waals surface area contributed by atoms with Crippen LogP contribution >= 0.6 is 0 Å². The van der Waals surface area contributed by atoms with Gasteiger partial charge in [-0.3, -0.25) is 4.90 Å². The zero-order valence-electron chi connectivity index (χ0n) is 19.0. The number of rotatable bonds is 3. The fourth-order valence-electron chi connectivity index (χ4n) is 6.19. The normalized spacial score (nSPS) is 24.0. The van der Waals surface area contributed by atoms with Gasteiger partial charge in [-0.25, -0.2) is 8.78 Å². The maximum absolute atomic E-state index is 14.2. The summed E-state index contributed by atoms with van der Waals surface area (Å²) < 4.78 is 34.0. The predicted octanol–water partition coefficient (Wildman–Crippen LogP) is 5.62. The van der Waals surface area contributed by atoms with E-state index in [1.165, 1.54) is 24.5 Å². The minimum atomic E-state index is -0.167. The van der Waals surface area contributed by atoms with Crippen LogP contribution in [-0.4, -0.2) is 48.7 Å². The number of hydrogen-bond acceptors (Lipinski definition) is 3. The molecule has 1 N–H and O–H groups in total. The zero-order valence-corrected chi connectivity index (χ0v) is 19.0. The molecule has 3 aromatic rings. The first-order valence-electron chi connectivity index (χ1n) is 12.4. The number of ether oxygens (including phenoxy) is 1. The quantitative estimate of drug-likeness (QED) is 0.561. The van der Waals surface area contributed by atoms with Gasteiger partial charge in [0.05, 0.1) is 12.3 Å². The molecule has 2 fully saturated rings. The molecule has 3 heterocycles. The van der Waals surface area contributed by atoms with Crippen molar-refractivity contribution in [1.29, 1.82) is 0 Å². The number of anilines is 1. The number of halogens is 2. The van der Waals surface area contributed by atoms with Crippen LogP contribution in [0.4, 0.5) is 14.5 Å². The fraction of sp³-hybridized carbons (Fsp3) is 0.481. The van der Waals surface area contributed by atoms with Crippen LogP contribution in [0.2, 0.25) is 0 Å². The lowest BCUT2D eigenvalue weighted by atomic mass is 9.81. The van der Waals surface area contributed by atoms with E-state index in [9.17, 15) is 8.78 Å². The van der Waals surface area contributed by atoms with Crippen molar-refractivity contribution in [3.63, 3.8) is 0 Å². The molecule has 0 unspecified atom stereocenters. The number of hydrogen-bond donors (Lipinski definition) is 1. The molecule has 0 amide bonds. The van der Waals surface area contributed by atoms with Gasteiger partial charge in [0.1, 0.15) is 17.4 Å². The van der Waals surface area contributed by atoms with Crippen molar-refractivity contribution >= 4 is 16.6 Å². The summed E-state index contributed by atoms with van der Waals surface area (Å²) in [5.74, 6) is 1.06. The summed E-state index contributed by atoms with van der Waals surface area (Å²) in [6.45, 7) is 4.53. The van der Waals surface area contributed by atoms with E-state index in [0.717, 1.165) is 86.4 Å². The summed E-state index contributed by atoms with van der Waals surface area (Å²) >= 11 is 0. The summed E-state index contributed by atoms with van der Waals surface area (Å²) in [7, 11) is 0. The number of nitrogens with zero attached hydrogens (tertiary/aromatic N) is 2. The minimum Gasteiger partial charge on any atom is -0.491 e. The molecule has 33 heavy (non-hydrogen) atoms. The summed E-state index contributed by atoms with van der Waals surface area (Å²) in [5, 5.41) is 1.03. The highest BCUT2D eigenvalue weighted by atomic mass is 19.1. The van der Waals surface area contributed by atoms with E-state index in [-0.39, 0.29) is 11.6 Å². The number of aromatic amines is 1. The lowest BCUT2D eigenvalue weighted by Crippen LogP contribution is -2.51. The third-order valence-electron chi connectivity index (χ3n) is 7.93. The van der Waals surface area contributed by atoms with Crippen LogP contribution in [0.15, 0.2) is 36.5 Å². The molecule has 1 aliphatic carbocycles. The van der Waals surface area contributed by atoms with Gasteiger partial charge >= 0.3 is 0 Å². The van der Waals surface area contributed by atoms with Crippen LogP contribution in [-0.2, 0) is 6.42 Å². The molecule has 0 bridgehead atoms. The van der Waals surface area contributed by atoms with Crippen molar-refractivity contribution < 1.29 is 13.5 Å². The Morgan fingerprint density at radius 1 is 0.909 bits per heavy atom. The molecule has 0 spiro atoms. The van der Waals surface area contributed by atoms with Crippen LogP contribution in [0.5, 0.6) is 5.75 Å². The van der Waals surface area contributed by atoms with Crippen LogP contribution < -0.4 is 9.64 Å². The molecule has 2 aliphatic heterocycles. The molecule has 1 saturated heterocycles. The van der Waals surface area contributed by atoms with Gasteiger partial charge in [0.25, 0.3) is 0 Å². The van der Waals surface area contributed by atoms with Gasteiger partial charge < -0.3 is 14.6 Å². The van der Waals surface area contributed by atoms with E-state index in [0.29, 0.717) is 12.0 Å². The Morgan fingerprint density at radius 3 is 2.55 bits per heavy atom. The average molecular weight is 452 g/mol. The second-order valence-electron chi connectivity index (χ2n) is 9.83. The smallest absolute Gasteiger partial charge is 0.145 e. The van der Waals surface area contributed by atoms with Crippen LogP contribution in [0.25, 0.3) is 10.9 Å². The summed E-state index contributed by atoms with van der Waals surface area (Å²) in [4.78, 5) is 8.23. The number of benzene rings is 2. The topological polar surface area (TPSA) is 31.5 Å². The van der Waals surface area contributed by atoms with Gasteiger partial charge in [-0.05, 0) is 79.8 Å². The van der Waals surface area contributed by atoms with Gasteiger partial charge in [-0.15, -0.1) is 0 Å². The molecule has 6 heteroatoms. The SMILES string of the molecule is Fc1cc2c(c(N3CCN(C4CCC(c5c[nH]c6ccc(F)cc56)CC4)CC3)c1)OCCC2. The third-order valence-corrected chi connectivity index (χ3v) is 7.93. The van der Waals surface area contributed by atoms with E-state index in [4.69, 9.17) is 4.74 Å². The van der Waals surface area contributed by atoms with E-state index in [1.807, 2.05) is 6.07 Å². The Balaban J connectivity index is 1.09. The van der Waals surface area contributed by atoms with Gasteiger partial charge in [-0.1, -0.05) is 0 Å². The molecular formula is C27H31F2N3O. The number of fused-ring (bicyclic) bond motifs is 2. The Bertz CT molecular complexity index is 1140. The van der Waals surface area contributed by atoms with Crippen LogP contribution in [0, 0.1) is 11.6 Å². The first kappa shape index (κ1) is 21.0. The molecule has 3 aliphatic rings. The minimum absolute atomic E-state index is 0.160. The first-order valence-corrected chi connectivity index (χ1v) is 12.4. The Kier molecular flexibility index (Phi) is 5.49. The van der Waals surface area contributed by atoms with Crippen LogP contribution in [0.1, 0.15) is 49.1 Å². The van der Waals surface area contributed by atoms with Crippen molar-refractivity contribution in [2.45, 2.75) is 50.5 Å². The zero-order chi connectivity index (χ0) is 22.4. The number of H-pyrrole nitrogens is 1. The molecule has 6 rings (SSSR count). The van der Waals surface area contributed by atoms with Crippen molar-refractivity contribution in [1.82, 2.24) is 9.88 Å². The highest BCUT2D eigenvalue weighted by molar-refractivity contribution is 5.83. The molecule has 1 aromatic heterocycles. The van der Waals surface area contributed by atoms with Crippen LogP contribution in [0.3, 0.4) is 0 Å². The fourth-order valence-corrected chi connectivity index (χ4v) is 6.19. The largest absolute Gasteiger partial charge is 0.491 e. The Labute approximate surface area is 193 Å². The maximum Gasteiger partial charge on any atom is 0.145 e. The second-order valence-corrected chi connectivity index (χ2v) is 9.83. The maximum atomic E-state index is 14.2. The highest BCUT2D eigenvalue weighted by Crippen LogP contribution is 2.40.